The number of rotatable bonds is 4. The third kappa shape index (κ3) is 4.08. The predicted octanol–water partition coefficient (Wildman–Crippen LogP) is 0.399. The molecule has 1 aromatic carbocycles. The van der Waals surface area contributed by atoms with Gasteiger partial charge in [0.05, 0.1) is 24.7 Å². The van der Waals surface area contributed by atoms with E-state index in [9.17, 15) is 13.2 Å². The number of nitrogens with zero attached hydrogens (tertiary/aromatic N) is 3. The maximum atomic E-state index is 13.1. The van der Waals surface area contributed by atoms with Crippen molar-refractivity contribution in [3.63, 3.8) is 0 Å². The van der Waals surface area contributed by atoms with Gasteiger partial charge in [-0.2, -0.15) is 9.57 Å². The summed E-state index contributed by atoms with van der Waals surface area (Å²) in [6, 6.07) is 6.25. The van der Waals surface area contributed by atoms with E-state index in [0.29, 0.717) is 38.0 Å². The lowest BCUT2D eigenvalue weighted by Crippen LogP contribution is -2.51. The zero-order valence-electron chi connectivity index (χ0n) is 15.3. The van der Waals surface area contributed by atoms with Crippen molar-refractivity contribution in [3.8, 4) is 11.8 Å². The zero-order valence-corrected chi connectivity index (χ0v) is 16.2. The molecule has 146 valence electrons. The number of sulfonamides is 1. The molecule has 0 bridgehead atoms. The second kappa shape index (κ2) is 8.25. The summed E-state index contributed by atoms with van der Waals surface area (Å²) in [4.78, 5) is 14.6. The standard InChI is InChI=1S/C18H24N4O4S/c1-26-16-11-14(12-19)4-5-17(16)27(24,25)22-8-2-3-15(13-22)18(23)21-9-6-20-7-10-21/h4-5,11,15,20H,2-3,6-10,13H2,1H3. The minimum Gasteiger partial charge on any atom is -0.495 e. The maximum absolute atomic E-state index is 13.1. The number of carbonyl (C=O) groups excluding carboxylic acids is 1. The van der Waals surface area contributed by atoms with E-state index in [1.807, 2.05) is 11.0 Å². The van der Waals surface area contributed by atoms with Crippen LogP contribution in [0.1, 0.15) is 18.4 Å². The monoisotopic (exact) mass is 392 g/mol. The topological polar surface area (TPSA) is 103 Å². The van der Waals surface area contributed by atoms with Gasteiger partial charge in [-0.15, -0.1) is 0 Å². The Morgan fingerprint density at radius 1 is 1.30 bits per heavy atom. The van der Waals surface area contributed by atoms with Gasteiger partial charge in [-0.25, -0.2) is 8.42 Å². The second-order valence-corrected chi connectivity index (χ2v) is 8.66. The summed E-state index contributed by atoms with van der Waals surface area (Å²) in [5, 5.41) is 12.2. The van der Waals surface area contributed by atoms with E-state index < -0.39 is 10.0 Å². The van der Waals surface area contributed by atoms with E-state index in [4.69, 9.17) is 10.00 Å². The molecule has 0 aliphatic carbocycles. The van der Waals surface area contributed by atoms with E-state index in [1.54, 1.807) is 0 Å². The molecule has 0 aromatic heterocycles. The zero-order chi connectivity index (χ0) is 19.4. The lowest BCUT2D eigenvalue weighted by atomic mass is 9.98. The fourth-order valence-corrected chi connectivity index (χ4v) is 5.26. The molecule has 2 aliphatic heterocycles. The third-order valence-electron chi connectivity index (χ3n) is 5.07. The van der Waals surface area contributed by atoms with Crippen LogP contribution in [0.3, 0.4) is 0 Å². The van der Waals surface area contributed by atoms with Gasteiger partial charge in [0, 0.05) is 39.3 Å². The molecule has 2 heterocycles. The first-order chi connectivity index (χ1) is 13.0. The SMILES string of the molecule is COc1cc(C#N)ccc1S(=O)(=O)N1CCCC(C(=O)N2CCNCC2)C1. The van der Waals surface area contributed by atoms with Crippen molar-refractivity contribution in [1.82, 2.24) is 14.5 Å². The Balaban J connectivity index is 1.80. The van der Waals surface area contributed by atoms with Gasteiger partial charge < -0.3 is 15.0 Å². The van der Waals surface area contributed by atoms with Crippen LogP contribution >= 0.6 is 0 Å². The molecule has 2 fully saturated rings. The van der Waals surface area contributed by atoms with Crippen LogP contribution in [0.15, 0.2) is 23.1 Å². The lowest BCUT2D eigenvalue weighted by molar-refractivity contribution is -0.137. The molecule has 1 unspecified atom stereocenters. The van der Waals surface area contributed by atoms with Gasteiger partial charge in [-0.3, -0.25) is 4.79 Å². The number of methoxy groups -OCH3 is 1. The van der Waals surface area contributed by atoms with Crippen LogP contribution in [-0.4, -0.2) is 69.9 Å². The molecule has 1 amide bonds. The molecule has 27 heavy (non-hydrogen) atoms. The summed E-state index contributed by atoms with van der Waals surface area (Å²) in [6.07, 6.45) is 1.33. The van der Waals surface area contributed by atoms with Gasteiger partial charge in [0.25, 0.3) is 0 Å². The molecule has 8 nitrogen and oxygen atoms in total. The van der Waals surface area contributed by atoms with Crippen molar-refractivity contribution in [3.05, 3.63) is 23.8 Å². The van der Waals surface area contributed by atoms with E-state index >= 15 is 0 Å². The summed E-state index contributed by atoms with van der Waals surface area (Å²) in [5.41, 5.74) is 0.330. The Labute approximate surface area is 159 Å². The summed E-state index contributed by atoms with van der Waals surface area (Å²) in [7, 11) is -2.43. The average molecular weight is 392 g/mol. The van der Waals surface area contributed by atoms with Crippen LogP contribution in [0, 0.1) is 17.2 Å². The highest BCUT2D eigenvalue weighted by atomic mass is 32.2. The lowest BCUT2D eigenvalue weighted by Gasteiger charge is -2.36. The molecule has 0 spiro atoms. The van der Waals surface area contributed by atoms with Crippen molar-refractivity contribution in [2.24, 2.45) is 5.92 Å². The molecule has 1 N–H and O–H groups in total. The van der Waals surface area contributed by atoms with Gasteiger partial charge in [-0.1, -0.05) is 0 Å². The highest BCUT2D eigenvalue weighted by Crippen LogP contribution is 2.31. The van der Waals surface area contributed by atoms with Gasteiger partial charge >= 0.3 is 0 Å². The van der Waals surface area contributed by atoms with Crippen molar-refractivity contribution >= 4 is 15.9 Å². The minimum atomic E-state index is -3.81. The van der Waals surface area contributed by atoms with E-state index in [0.717, 1.165) is 13.1 Å². The van der Waals surface area contributed by atoms with Crippen LogP contribution in [-0.2, 0) is 14.8 Å². The van der Waals surface area contributed by atoms with E-state index in [2.05, 4.69) is 5.32 Å². The smallest absolute Gasteiger partial charge is 0.246 e. The number of nitriles is 1. The largest absolute Gasteiger partial charge is 0.495 e. The number of ether oxygens (including phenoxy) is 1. The van der Waals surface area contributed by atoms with Gasteiger partial charge in [0.15, 0.2) is 0 Å². The van der Waals surface area contributed by atoms with Crippen molar-refractivity contribution in [2.75, 3.05) is 46.4 Å². The number of carbonyl (C=O) groups is 1. The molecular weight excluding hydrogens is 368 g/mol. The maximum Gasteiger partial charge on any atom is 0.246 e. The molecule has 0 radical (unpaired) electrons. The van der Waals surface area contributed by atoms with Crippen molar-refractivity contribution in [1.29, 1.82) is 5.26 Å². The Hall–Kier alpha value is -2.15. The molecule has 9 heteroatoms. The summed E-state index contributed by atoms with van der Waals surface area (Å²) < 4.78 is 32.8. The van der Waals surface area contributed by atoms with Gasteiger partial charge in [-0.05, 0) is 31.0 Å². The number of piperidine rings is 1. The number of amides is 1. The average Bonchev–Trinajstić information content (AvgIpc) is 2.73. The third-order valence-corrected chi connectivity index (χ3v) is 6.98. The highest BCUT2D eigenvalue weighted by Gasteiger charge is 2.36. The summed E-state index contributed by atoms with van der Waals surface area (Å²) >= 11 is 0. The minimum absolute atomic E-state index is 0.0271. The Morgan fingerprint density at radius 2 is 2.04 bits per heavy atom. The van der Waals surface area contributed by atoms with Crippen molar-refractivity contribution < 1.29 is 17.9 Å². The number of hydrogen-bond donors (Lipinski definition) is 1. The van der Waals surface area contributed by atoms with Crippen molar-refractivity contribution in [2.45, 2.75) is 17.7 Å². The van der Waals surface area contributed by atoms with Crippen LogP contribution in [0.5, 0.6) is 5.75 Å². The first-order valence-electron chi connectivity index (χ1n) is 9.05. The van der Waals surface area contributed by atoms with Gasteiger partial charge in [0.2, 0.25) is 15.9 Å². The van der Waals surface area contributed by atoms with Crippen LogP contribution in [0.2, 0.25) is 0 Å². The number of benzene rings is 1. The summed E-state index contributed by atoms with van der Waals surface area (Å²) in [6.45, 7) is 3.40. The molecule has 0 saturated carbocycles. The fourth-order valence-electron chi connectivity index (χ4n) is 3.60. The molecule has 1 atom stereocenters. The molecular formula is C18H24N4O4S. The summed E-state index contributed by atoms with van der Waals surface area (Å²) in [5.74, 6) is -0.149. The Kier molecular flexibility index (Phi) is 5.99. The Bertz CT molecular complexity index is 843. The first kappa shape index (κ1) is 19.6. The predicted molar refractivity (Wildman–Crippen MR) is 98.6 cm³/mol. The van der Waals surface area contributed by atoms with Crippen LogP contribution < -0.4 is 10.1 Å². The fraction of sp³-hybridized carbons (Fsp3) is 0.556. The molecule has 3 rings (SSSR count). The molecule has 2 aliphatic rings. The Morgan fingerprint density at radius 3 is 2.70 bits per heavy atom. The van der Waals surface area contributed by atoms with Crippen LogP contribution in [0.4, 0.5) is 0 Å². The van der Waals surface area contributed by atoms with Gasteiger partial charge in [0.1, 0.15) is 10.6 Å². The molecule has 2 saturated heterocycles. The number of piperazine rings is 1. The normalized spacial score (nSPS) is 21.5. The number of hydrogen-bond acceptors (Lipinski definition) is 6. The first-order valence-corrected chi connectivity index (χ1v) is 10.5. The van der Waals surface area contributed by atoms with E-state index in [-0.39, 0.29) is 29.0 Å². The quantitative estimate of drug-likeness (QED) is 0.796. The number of nitrogens with one attached hydrogen (secondary N) is 1. The van der Waals surface area contributed by atoms with Crippen LogP contribution in [0.25, 0.3) is 0 Å². The van der Waals surface area contributed by atoms with E-state index in [1.165, 1.54) is 29.6 Å². The second-order valence-electron chi connectivity index (χ2n) is 6.75. The highest BCUT2D eigenvalue weighted by molar-refractivity contribution is 7.89. The molecule has 1 aromatic rings.